The first kappa shape index (κ1) is 35.4. The highest BCUT2D eigenvalue weighted by Gasteiger charge is 2.44. The molecule has 240 valence electrons. The van der Waals surface area contributed by atoms with Gasteiger partial charge in [0, 0.05) is 7.92 Å². The summed E-state index contributed by atoms with van der Waals surface area (Å²) in [5.74, 6) is 1.20. The molecule has 5 rings (SSSR count). The van der Waals surface area contributed by atoms with Gasteiger partial charge in [0.25, 0.3) is 0 Å². The number of benzene rings is 5. The summed E-state index contributed by atoms with van der Waals surface area (Å²) in [5, 5.41) is 2.36. The Bertz CT molecular complexity index is 1420. The van der Waals surface area contributed by atoms with Crippen molar-refractivity contribution in [1.82, 2.24) is 0 Å². The van der Waals surface area contributed by atoms with Crippen LogP contribution in [0.4, 0.5) is 0 Å². The molecule has 5 aromatic rings. The van der Waals surface area contributed by atoms with Gasteiger partial charge >= 0.3 is 0 Å². The van der Waals surface area contributed by atoms with E-state index in [2.05, 4.69) is 209 Å². The van der Waals surface area contributed by atoms with Crippen LogP contribution in [0.3, 0.4) is 0 Å². The Morgan fingerprint density at radius 1 is 0.413 bits per heavy atom. The highest BCUT2D eigenvalue weighted by Crippen LogP contribution is 2.58. The normalized spacial score (nSPS) is 12.3. The quantitative estimate of drug-likeness (QED) is 0.125. The van der Waals surface area contributed by atoms with Crippen molar-refractivity contribution in [2.75, 3.05) is 0 Å². The molecule has 0 bridgehead atoms. The lowest BCUT2D eigenvalue weighted by atomic mass is 9.13. The van der Waals surface area contributed by atoms with Crippen molar-refractivity contribution >= 4 is 41.2 Å². The van der Waals surface area contributed by atoms with E-state index in [1.165, 1.54) is 33.0 Å². The van der Waals surface area contributed by atoms with Crippen LogP contribution in [0, 0.1) is 0 Å². The van der Waals surface area contributed by atoms with Crippen LogP contribution in [-0.2, 0) is 0 Å². The third-order valence-corrected chi connectivity index (χ3v) is 13.2. The first-order chi connectivity index (χ1) is 21.8. The van der Waals surface area contributed by atoms with E-state index in [4.69, 9.17) is 0 Å². The standard InChI is InChI=1S/C24H20B.C20H35P/c1-5-13-21(14-6-1)25(22-15-7-2-8-16-22,23-17-9-3-10-18-23)24-19-11-4-12-20-24;1-14(2)16-11-17(15(3)4)13-18(12-16)21(19(5,6)7)20(8,9)10/h1-20H;11-15H,1-10H3/q-1;/p+1. The van der Waals surface area contributed by atoms with E-state index < -0.39 is 14.1 Å². The first-order valence-electron chi connectivity index (χ1n) is 17.2. The molecule has 2 heteroatoms. The maximum atomic E-state index is 2.50. The van der Waals surface area contributed by atoms with Crippen LogP contribution in [0.25, 0.3) is 0 Å². The predicted octanol–water partition coefficient (Wildman–Crippen LogP) is 9.43. The van der Waals surface area contributed by atoms with Gasteiger partial charge in [0.1, 0.15) is 6.15 Å². The van der Waals surface area contributed by atoms with Crippen LogP contribution < -0.4 is 27.2 Å². The molecule has 0 unspecified atom stereocenters. The third-order valence-electron chi connectivity index (χ3n) is 9.30. The van der Waals surface area contributed by atoms with E-state index in [0.29, 0.717) is 22.1 Å². The van der Waals surface area contributed by atoms with Gasteiger partial charge in [0.15, 0.2) is 0 Å². The van der Waals surface area contributed by atoms with Crippen molar-refractivity contribution in [1.29, 1.82) is 0 Å². The summed E-state index contributed by atoms with van der Waals surface area (Å²) in [6.07, 6.45) is -1.22. The average molecular weight is 627 g/mol. The van der Waals surface area contributed by atoms with Crippen LogP contribution in [0.2, 0.25) is 0 Å². The predicted molar refractivity (Wildman–Crippen MR) is 212 cm³/mol. The summed E-state index contributed by atoms with van der Waals surface area (Å²) in [7, 11) is -0.664. The minimum Gasteiger partial charge on any atom is -0.195 e. The molecule has 0 fully saturated rings. The van der Waals surface area contributed by atoms with Crippen LogP contribution >= 0.6 is 7.92 Å². The summed E-state index contributed by atoms with van der Waals surface area (Å²) in [5.41, 5.74) is 8.37. The zero-order valence-electron chi connectivity index (χ0n) is 30.0. The van der Waals surface area contributed by atoms with E-state index in [-0.39, 0.29) is 0 Å². The molecular weight excluding hydrogens is 570 g/mol. The molecule has 0 aromatic heterocycles. The van der Waals surface area contributed by atoms with Crippen molar-refractivity contribution in [3.63, 3.8) is 0 Å². The molecule has 0 amide bonds. The summed E-state index contributed by atoms with van der Waals surface area (Å²) in [6, 6.07) is 50.9. The summed E-state index contributed by atoms with van der Waals surface area (Å²) in [6.45, 7) is 23.8. The number of rotatable bonds is 7. The van der Waals surface area contributed by atoms with Crippen molar-refractivity contribution < 1.29 is 0 Å². The van der Waals surface area contributed by atoms with Crippen LogP contribution in [-0.4, -0.2) is 16.5 Å². The summed E-state index contributed by atoms with van der Waals surface area (Å²) >= 11 is 0. The second kappa shape index (κ2) is 15.0. The van der Waals surface area contributed by atoms with Crippen molar-refractivity contribution in [2.45, 2.75) is 91.4 Å². The van der Waals surface area contributed by atoms with Crippen molar-refractivity contribution in [2.24, 2.45) is 0 Å². The number of hydrogen-bond donors (Lipinski definition) is 0. The van der Waals surface area contributed by atoms with Gasteiger partial charge in [0.2, 0.25) is 0 Å². The van der Waals surface area contributed by atoms with Crippen molar-refractivity contribution in [3.05, 3.63) is 151 Å². The van der Waals surface area contributed by atoms with Crippen LogP contribution in [0.1, 0.15) is 92.2 Å². The van der Waals surface area contributed by atoms with Gasteiger partial charge in [-0.1, -0.05) is 155 Å². The van der Waals surface area contributed by atoms with Gasteiger partial charge in [-0.15, -0.1) is 0 Å². The summed E-state index contributed by atoms with van der Waals surface area (Å²) < 4.78 is 0. The molecular formula is C44H56BP. The van der Waals surface area contributed by atoms with E-state index in [0.717, 1.165) is 0 Å². The van der Waals surface area contributed by atoms with E-state index in [9.17, 15) is 0 Å². The van der Waals surface area contributed by atoms with Gasteiger partial charge in [-0.2, -0.15) is 21.9 Å². The van der Waals surface area contributed by atoms with Crippen LogP contribution in [0.15, 0.2) is 140 Å². The Morgan fingerprint density at radius 2 is 0.674 bits per heavy atom. The minimum atomic E-state index is -1.22. The average Bonchev–Trinajstić information content (AvgIpc) is 3.02. The second-order valence-electron chi connectivity index (χ2n) is 15.6. The first-order valence-corrected chi connectivity index (χ1v) is 18.7. The zero-order chi connectivity index (χ0) is 33.5. The lowest BCUT2D eigenvalue weighted by molar-refractivity contribution is 0.714. The monoisotopic (exact) mass is 626 g/mol. The SMILES string of the molecule is CC(C)c1cc(C(C)C)cc([PH+](C(C)(C)C)C(C)(C)C)c1.c1ccc([B-](c2ccccc2)(c2ccccc2)c2ccccc2)cc1. The van der Waals surface area contributed by atoms with Gasteiger partial charge in [0.05, 0.1) is 15.6 Å². The highest BCUT2D eigenvalue weighted by molar-refractivity contribution is 7.68. The fourth-order valence-corrected chi connectivity index (χ4v) is 12.2. The largest absolute Gasteiger partial charge is 0.195 e. The Labute approximate surface area is 282 Å². The van der Waals surface area contributed by atoms with Gasteiger partial charge in [-0.3, -0.25) is 0 Å². The Morgan fingerprint density at radius 3 is 0.891 bits per heavy atom. The minimum absolute atomic E-state index is 0.368. The topological polar surface area (TPSA) is 0 Å². The van der Waals surface area contributed by atoms with Gasteiger partial charge < -0.3 is 0 Å². The third kappa shape index (κ3) is 8.11. The smallest absolute Gasteiger partial charge is 0.108 e. The van der Waals surface area contributed by atoms with Crippen molar-refractivity contribution in [3.8, 4) is 0 Å². The lowest BCUT2D eigenvalue weighted by Crippen LogP contribution is -2.74. The molecule has 0 atom stereocenters. The molecule has 0 saturated carbocycles. The molecule has 46 heavy (non-hydrogen) atoms. The van der Waals surface area contributed by atoms with E-state index in [1.807, 2.05) is 0 Å². The molecule has 5 aromatic carbocycles. The molecule has 0 saturated heterocycles. The Balaban J connectivity index is 0.000000213. The van der Waals surface area contributed by atoms with Gasteiger partial charge in [-0.25, -0.2) is 0 Å². The Kier molecular flexibility index (Phi) is 11.6. The summed E-state index contributed by atoms with van der Waals surface area (Å²) in [4.78, 5) is 0. The zero-order valence-corrected chi connectivity index (χ0v) is 31.0. The molecule has 0 aliphatic carbocycles. The van der Waals surface area contributed by atoms with Gasteiger partial charge in [-0.05, 0) is 76.6 Å². The second-order valence-corrected chi connectivity index (χ2v) is 19.9. The number of hydrogen-bond acceptors (Lipinski definition) is 0. The molecule has 0 radical (unpaired) electrons. The fourth-order valence-electron chi connectivity index (χ4n) is 7.60. The molecule has 0 aliphatic rings. The highest BCUT2D eigenvalue weighted by atomic mass is 31.1. The van der Waals surface area contributed by atoms with Crippen LogP contribution in [0.5, 0.6) is 0 Å². The lowest BCUT2D eigenvalue weighted by Gasteiger charge is -2.44. The molecule has 0 N–H and O–H groups in total. The molecule has 0 spiro atoms. The Hall–Kier alpha value is -3.41. The molecule has 0 nitrogen and oxygen atoms in total. The van der Waals surface area contributed by atoms with E-state index in [1.54, 1.807) is 5.30 Å². The molecule has 0 aliphatic heterocycles. The van der Waals surface area contributed by atoms with E-state index >= 15 is 0 Å². The fraction of sp³-hybridized carbons (Fsp3) is 0.318. The molecule has 0 heterocycles. The maximum absolute atomic E-state index is 2.50. The maximum Gasteiger partial charge on any atom is 0.108 e.